The molecule has 1 aliphatic rings. The van der Waals surface area contributed by atoms with Crippen molar-refractivity contribution in [1.29, 1.82) is 0 Å². The van der Waals surface area contributed by atoms with E-state index in [0.717, 1.165) is 19.0 Å². The second-order valence-corrected chi connectivity index (χ2v) is 4.97. The first-order valence-corrected chi connectivity index (χ1v) is 6.76. The van der Waals surface area contributed by atoms with E-state index in [1.165, 1.54) is 38.5 Å². The Kier molecular flexibility index (Phi) is 7.01. The molecule has 16 heavy (non-hydrogen) atoms. The van der Waals surface area contributed by atoms with Gasteiger partial charge in [-0.15, -0.1) is 0 Å². The monoisotopic (exact) mass is 228 g/mol. The minimum atomic E-state index is 0.512. The van der Waals surface area contributed by atoms with Gasteiger partial charge in [-0.2, -0.15) is 0 Å². The van der Waals surface area contributed by atoms with Crippen molar-refractivity contribution < 1.29 is 4.74 Å². The van der Waals surface area contributed by atoms with Crippen molar-refractivity contribution >= 4 is 0 Å². The predicted molar refractivity (Wildman–Crippen MR) is 68.5 cm³/mol. The predicted octanol–water partition coefficient (Wildman–Crippen LogP) is 1.91. The topological polar surface area (TPSA) is 47.3 Å². The molecular formula is C13H28N2O. The van der Waals surface area contributed by atoms with Gasteiger partial charge in [0.1, 0.15) is 0 Å². The number of nitrogens with two attached hydrogens (primary N) is 1. The highest BCUT2D eigenvalue weighted by molar-refractivity contribution is 4.85. The van der Waals surface area contributed by atoms with E-state index in [1.54, 1.807) is 7.11 Å². The third-order valence-electron chi connectivity index (χ3n) is 3.80. The molecule has 0 radical (unpaired) electrons. The van der Waals surface area contributed by atoms with Crippen LogP contribution in [0, 0.1) is 5.92 Å². The first-order valence-electron chi connectivity index (χ1n) is 6.76. The van der Waals surface area contributed by atoms with Crippen LogP contribution >= 0.6 is 0 Å². The fourth-order valence-electron chi connectivity index (χ4n) is 2.41. The van der Waals surface area contributed by atoms with Crippen LogP contribution in [0.3, 0.4) is 0 Å². The molecule has 3 N–H and O–H groups in total. The summed E-state index contributed by atoms with van der Waals surface area (Å²) >= 11 is 0. The fourth-order valence-corrected chi connectivity index (χ4v) is 2.41. The van der Waals surface area contributed by atoms with Crippen molar-refractivity contribution in [1.82, 2.24) is 5.32 Å². The van der Waals surface area contributed by atoms with Crippen molar-refractivity contribution in [3.8, 4) is 0 Å². The molecule has 0 aliphatic heterocycles. The Bertz CT molecular complexity index is 169. The number of ether oxygens (including phenoxy) is 1. The third kappa shape index (κ3) is 4.81. The van der Waals surface area contributed by atoms with E-state index in [2.05, 4.69) is 12.2 Å². The zero-order valence-electron chi connectivity index (χ0n) is 10.9. The van der Waals surface area contributed by atoms with E-state index >= 15 is 0 Å². The maximum atomic E-state index is 5.59. The van der Waals surface area contributed by atoms with Gasteiger partial charge in [-0.1, -0.05) is 13.3 Å². The van der Waals surface area contributed by atoms with Crippen molar-refractivity contribution in [2.24, 2.45) is 11.7 Å². The Labute approximate surface area is 100 Å². The van der Waals surface area contributed by atoms with Crippen molar-refractivity contribution in [3.63, 3.8) is 0 Å². The van der Waals surface area contributed by atoms with Gasteiger partial charge in [0.2, 0.25) is 0 Å². The zero-order chi connectivity index (χ0) is 11.8. The van der Waals surface area contributed by atoms with Crippen molar-refractivity contribution in [3.05, 3.63) is 0 Å². The Morgan fingerprint density at radius 3 is 2.69 bits per heavy atom. The summed E-state index contributed by atoms with van der Waals surface area (Å²) in [6, 6.07) is 0.708. The molecule has 0 heterocycles. The second kappa shape index (κ2) is 8.04. The van der Waals surface area contributed by atoms with Gasteiger partial charge < -0.3 is 15.8 Å². The lowest BCUT2D eigenvalue weighted by atomic mass is 9.89. The molecule has 1 unspecified atom stereocenters. The van der Waals surface area contributed by atoms with Gasteiger partial charge in [-0.05, 0) is 51.1 Å². The van der Waals surface area contributed by atoms with Gasteiger partial charge in [0.15, 0.2) is 0 Å². The van der Waals surface area contributed by atoms with Crippen LogP contribution in [0.1, 0.15) is 45.4 Å². The molecule has 0 amide bonds. The summed E-state index contributed by atoms with van der Waals surface area (Å²) in [7, 11) is 1.81. The normalized spacial score (nSPS) is 26.4. The van der Waals surface area contributed by atoms with Crippen LogP contribution in [0.4, 0.5) is 0 Å². The van der Waals surface area contributed by atoms with Gasteiger partial charge in [0.25, 0.3) is 0 Å². The Morgan fingerprint density at radius 2 is 2.12 bits per heavy atom. The molecule has 1 saturated carbocycles. The molecular weight excluding hydrogens is 200 g/mol. The molecule has 0 spiro atoms. The van der Waals surface area contributed by atoms with E-state index in [4.69, 9.17) is 10.5 Å². The summed E-state index contributed by atoms with van der Waals surface area (Å²) in [5.41, 5.74) is 5.59. The molecule has 0 bridgehead atoms. The number of hydrogen-bond acceptors (Lipinski definition) is 3. The van der Waals surface area contributed by atoms with E-state index in [0.29, 0.717) is 12.1 Å². The minimum Gasteiger partial charge on any atom is -0.381 e. The lowest BCUT2D eigenvalue weighted by Gasteiger charge is -2.34. The summed E-state index contributed by atoms with van der Waals surface area (Å²) in [5.74, 6) is 0.833. The summed E-state index contributed by atoms with van der Waals surface area (Å²) in [5, 5.41) is 3.59. The van der Waals surface area contributed by atoms with Crippen molar-refractivity contribution in [2.75, 3.05) is 20.2 Å². The Balaban J connectivity index is 1.91. The molecule has 1 fully saturated rings. The van der Waals surface area contributed by atoms with Crippen molar-refractivity contribution in [2.45, 2.75) is 57.6 Å². The summed E-state index contributed by atoms with van der Waals surface area (Å²) in [6.07, 6.45) is 7.96. The van der Waals surface area contributed by atoms with Crippen LogP contribution in [-0.2, 0) is 4.74 Å². The number of nitrogens with one attached hydrogen (secondary N) is 1. The number of rotatable bonds is 9. The molecule has 96 valence electrons. The molecule has 0 aromatic rings. The third-order valence-corrected chi connectivity index (χ3v) is 3.80. The lowest BCUT2D eigenvalue weighted by Crippen LogP contribution is -2.45. The second-order valence-electron chi connectivity index (χ2n) is 4.97. The molecule has 0 aromatic heterocycles. The smallest absolute Gasteiger partial charge is 0.0601 e. The molecule has 3 heteroatoms. The molecule has 3 nitrogen and oxygen atoms in total. The number of hydrogen-bond donors (Lipinski definition) is 2. The van der Waals surface area contributed by atoms with Gasteiger partial charge >= 0.3 is 0 Å². The summed E-state index contributed by atoms with van der Waals surface area (Å²) in [6.45, 7) is 4.26. The van der Waals surface area contributed by atoms with E-state index in [-0.39, 0.29) is 0 Å². The zero-order valence-corrected chi connectivity index (χ0v) is 10.9. The van der Waals surface area contributed by atoms with Crippen LogP contribution in [-0.4, -0.2) is 32.3 Å². The van der Waals surface area contributed by atoms with Crippen LogP contribution in [0.2, 0.25) is 0 Å². The first-order chi connectivity index (χ1) is 7.80. The van der Waals surface area contributed by atoms with Gasteiger partial charge in [0, 0.05) is 13.2 Å². The van der Waals surface area contributed by atoms with Crippen LogP contribution in [0.15, 0.2) is 0 Å². The highest BCUT2D eigenvalue weighted by atomic mass is 16.5. The quantitative estimate of drug-likeness (QED) is 0.593. The molecule has 0 saturated heterocycles. The van der Waals surface area contributed by atoms with E-state index < -0.39 is 0 Å². The van der Waals surface area contributed by atoms with Crippen LogP contribution in [0.25, 0.3) is 0 Å². The molecule has 1 aliphatic carbocycles. The first kappa shape index (κ1) is 13.9. The average molecular weight is 228 g/mol. The van der Waals surface area contributed by atoms with Crippen LogP contribution < -0.4 is 11.1 Å². The maximum Gasteiger partial charge on any atom is 0.0601 e. The highest BCUT2D eigenvalue weighted by Gasteiger charge is 2.27. The minimum absolute atomic E-state index is 0.512. The number of methoxy groups -OCH3 is 1. The van der Waals surface area contributed by atoms with E-state index in [1.807, 2.05) is 0 Å². The molecule has 1 rings (SSSR count). The van der Waals surface area contributed by atoms with Crippen LogP contribution in [0.5, 0.6) is 0 Å². The lowest BCUT2D eigenvalue weighted by molar-refractivity contribution is 0.0174. The average Bonchev–Trinajstić information content (AvgIpc) is 2.24. The standard InChI is InChI=1S/C13H28N2O/c1-3-11(6-7-14)5-4-8-15-12-9-13(10-12)16-2/h11-13,15H,3-10,14H2,1-2H3. The molecule has 0 aromatic carbocycles. The van der Waals surface area contributed by atoms with Gasteiger partial charge in [-0.25, -0.2) is 0 Å². The maximum absolute atomic E-state index is 5.59. The summed E-state index contributed by atoms with van der Waals surface area (Å²) in [4.78, 5) is 0. The Morgan fingerprint density at radius 1 is 1.38 bits per heavy atom. The molecule has 1 atom stereocenters. The van der Waals surface area contributed by atoms with Gasteiger partial charge in [-0.3, -0.25) is 0 Å². The largest absolute Gasteiger partial charge is 0.381 e. The summed E-state index contributed by atoms with van der Waals surface area (Å²) < 4.78 is 5.26. The SMILES string of the molecule is CCC(CCN)CCCNC1CC(OC)C1. The fraction of sp³-hybridized carbons (Fsp3) is 1.00. The van der Waals surface area contributed by atoms with E-state index in [9.17, 15) is 0 Å². The highest BCUT2D eigenvalue weighted by Crippen LogP contribution is 2.22. The van der Waals surface area contributed by atoms with Gasteiger partial charge in [0.05, 0.1) is 6.10 Å². The Hall–Kier alpha value is -0.120.